The van der Waals surface area contributed by atoms with Gasteiger partial charge in [-0.3, -0.25) is 0 Å². The topological polar surface area (TPSA) is 26.0 Å². The van der Waals surface area contributed by atoms with Crippen LogP contribution in [0.5, 0.6) is 0 Å². The lowest BCUT2D eigenvalue weighted by Gasteiger charge is -2.20. The maximum Gasteiger partial charge on any atom is 0.133 e. The molecule has 0 aromatic heterocycles. The molecular formula is C12H15ClF3N. The van der Waals surface area contributed by atoms with Crippen LogP contribution in [-0.4, -0.2) is 0 Å². The van der Waals surface area contributed by atoms with Gasteiger partial charge in [0.25, 0.3) is 0 Å². The Labute approximate surface area is 105 Å². The van der Waals surface area contributed by atoms with Crippen LogP contribution >= 0.6 is 12.4 Å². The van der Waals surface area contributed by atoms with Gasteiger partial charge in [0.15, 0.2) is 0 Å². The number of hydrogen-bond acceptors (Lipinski definition) is 1. The maximum atomic E-state index is 13.5. The fraction of sp³-hybridized carbons (Fsp3) is 0.500. The summed E-state index contributed by atoms with van der Waals surface area (Å²) in [6.45, 7) is 0. The molecule has 0 aliphatic heterocycles. The summed E-state index contributed by atoms with van der Waals surface area (Å²) in [5, 5.41) is 0. The fourth-order valence-electron chi connectivity index (χ4n) is 2.42. The van der Waals surface area contributed by atoms with Crippen LogP contribution < -0.4 is 5.73 Å². The van der Waals surface area contributed by atoms with E-state index >= 15 is 0 Å². The van der Waals surface area contributed by atoms with Crippen LogP contribution in [0.4, 0.5) is 13.2 Å². The molecule has 1 aromatic rings. The first-order valence-corrected chi connectivity index (χ1v) is 5.49. The Morgan fingerprint density at radius 1 is 1.06 bits per heavy atom. The van der Waals surface area contributed by atoms with Crippen molar-refractivity contribution in [2.75, 3.05) is 0 Å². The van der Waals surface area contributed by atoms with Crippen molar-refractivity contribution in [2.24, 2.45) is 11.7 Å². The molecule has 0 radical (unpaired) electrons. The van der Waals surface area contributed by atoms with E-state index in [-0.39, 0.29) is 23.9 Å². The summed E-state index contributed by atoms with van der Waals surface area (Å²) in [5.74, 6) is -2.55. The van der Waals surface area contributed by atoms with Crippen LogP contribution in [0.3, 0.4) is 0 Å². The van der Waals surface area contributed by atoms with Gasteiger partial charge >= 0.3 is 0 Å². The summed E-state index contributed by atoms with van der Waals surface area (Å²) in [6, 6.07) is 0.712. The third-order valence-corrected chi connectivity index (χ3v) is 3.28. The molecule has 96 valence electrons. The molecule has 1 fully saturated rings. The van der Waals surface area contributed by atoms with Crippen LogP contribution in [0.2, 0.25) is 0 Å². The molecule has 0 unspecified atom stereocenters. The van der Waals surface area contributed by atoms with Crippen LogP contribution in [0.15, 0.2) is 12.1 Å². The summed E-state index contributed by atoms with van der Waals surface area (Å²) in [4.78, 5) is 0. The van der Waals surface area contributed by atoms with Gasteiger partial charge in [0, 0.05) is 23.7 Å². The van der Waals surface area contributed by atoms with Gasteiger partial charge in [-0.2, -0.15) is 0 Å². The number of hydrogen-bond donors (Lipinski definition) is 1. The molecule has 1 aliphatic carbocycles. The molecule has 0 saturated heterocycles. The van der Waals surface area contributed by atoms with E-state index in [4.69, 9.17) is 5.73 Å². The molecule has 0 heterocycles. The van der Waals surface area contributed by atoms with Crippen molar-refractivity contribution in [1.82, 2.24) is 0 Å². The first-order valence-electron chi connectivity index (χ1n) is 5.49. The van der Waals surface area contributed by atoms with Crippen molar-refractivity contribution in [3.8, 4) is 0 Å². The molecule has 1 nitrogen and oxygen atoms in total. The highest BCUT2D eigenvalue weighted by molar-refractivity contribution is 5.85. The number of benzene rings is 1. The van der Waals surface area contributed by atoms with Gasteiger partial charge in [-0.25, -0.2) is 13.2 Å². The lowest BCUT2D eigenvalue weighted by molar-refractivity contribution is 0.406. The van der Waals surface area contributed by atoms with Crippen molar-refractivity contribution < 1.29 is 13.2 Å². The Morgan fingerprint density at radius 3 is 2.00 bits per heavy atom. The van der Waals surface area contributed by atoms with E-state index in [1.54, 1.807) is 0 Å². The molecule has 17 heavy (non-hydrogen) atoms. The SMILES string of the molecule is Cl.N[C@H](c1c(F)cc(F)cc1F)C1CCCC1. The molecule has 0 amide bonds. The normalized spacial score (nSPS) is 17.9. The number of nitrogens with two attached hydrogens (primary N) is 1. The van der Waals surface area contributed by atoms with E-state index in [9.17, 15) is 13.2 Å². The largest absolute Gasteiger partial charge is 0.324 e. The number of rotatable bonds is 2. The fourth-order valence-corrected chi connectivity index (χ4v) is 2.42. The van der Waals surface area contributed by atoms with Crippen molar-refractivity contribution in [2.45, 2.75) is 31.7 Å². The molecule has 1 aromatic carbocycles. The molecule has 1 atom stereocenters. The minimum atomic E-state index is -0.905. The van der Waals surface area contributed by atoms with Crippen LogP contribution in [0.1, 0.15) is 37.3 Å². The van der Waals surface area contributed by atoms with Gasteiger partial charge in [-0.15, -0.1) is 12.4 Å². The average molecular weight is 266 g/mol. The van der Waals surface area contributed by atoms with E-state index in [1.807, 2.05) is 0 Å². The number of halogens is 4. The van der Waals surface area contributed by atoms with Gasteiger partial charge in [0.2, 0.25) is 0 Å². The zero-order valence-electron chi connectivity index (χ0n) is 9.26. The second kappa shape index (κ2) is 5.74. The van der Waals surface area contributed by atoms with Crippen LogP contribution in [-0.2, 0) is 0 Å². The van der Waals surface area contributed by atoms with Gasteiger partial charge in [-0.05, 0) is 18.8 Å². The molecule has 0 bridgehead atoms. The van der Waals surface area contributed by atoms with Gasteiger partial charge in [0.05, 0.1) is 0 Å². The van der Waals surface area contributed by atoms with Gasteiger partial charge < -0.3 is 5.73 Å². The van der Waals surface area contributed by atoms with Crippen LogP contribution in [0, 0.1) is 23.4 Å². The summed E-state index contributed by atoms with van der Waals surface area (Å²) in [5.41, 5.74) is 5.68. The summed E-state index contributed by atoms with van der Waals surface area (Å²) < 4.78 is 39.6. The van der Waals surface area contributed by atoms with E-state index in [0.717, 1.165) is 25.7 Å². The summed E-state index contributed by atoms with van der Waals surface area (Å²) in [7, 11) is 0. The standard InChI is InChI=1S/C12H14F3N.ClH/c13-8-5-9(14)11(10(15)6-8)12(16)7-3-1-2-4-7;/h5-7,12H,1-4,16H2;1H/t12-;/m0./s1. The highest BCUT2D eigenvalue weighted by atomic mass is 35.5. The Morgan fingerprint density at radius 2 is 1.53 bits per heavy atom. The zero-order chi connectivity index (χ0) is 11.7. The molecule has 2 N–H and O–H groups in total. The first kappa shape index (κ1) is 14.3. The Kier molecular flexibility index (Phi) is 4.83. The average Bonchev–Trinajstić information content (AvgIpc) is 2.67. The molecule has 5 heteroatoms. The Balaban J connectivity index is 0.00000144. The van der Waals surface area contributed by atoms with Crippen molar-refractivity contribution in [3.05, 3.63) is 35.1 Å². The van der Waals surface area contributed by atoms with E-state index in [1.165, 1.54) is 0 Å². The van der Waals surface area contributed by atoms with Crippen LogP contribution in [0.25, 0.3) is 0 Å². The Hall–Kier alpha value is -0.740. The smallest absolute Gasteiger partial charge is 0.133 e. The molecular weight excluding hydrogens is 251 g/mol. The third-order valence-electron chi connectivity index (χ3n) is 3.28. The predicted octanol–water partition coefficient (Wildman–Crippen LogP) is 3.72. The highest BCUT2D eigenvalue weighted by Gasteiger charge is 2.28. The zero-order valence-corrected chi connectivity index (χ0v) is 10.1. The van der Waals surface area contributed by atoms with Gasteiger partial charge in [-0.1, -0.05) is 12.8 Å². The molecule has 1 aliphatic rings. The second-order valence-corrected chi connectivity index (χ2v) is 4.35. The van der Waals surface area contributed by atoms with Crippen molar-refractivity contribution in [1.29, 1.82) is 0 Å². The maximum absolute atomic E-state index is 13.5. The summed E-state index contributed by atoms with van der Waals surface area (Å²) >= 11 is 0. The molecule has 1 saturated carbocycles. The third kappa shape index (κ3) is 2.93. The lowest BCUT2D eigenvalue weighted by atomic mass is 9.92. The van der Waals surface area contributed by atoms with Gasteiger partial charge in [0.1, 0.15) is 17.5 Å². The molecule has 2 rings (SSSR count). The minimum Gasteiger partial charge on any atom is -0.324 e. The van der Waals surface area contributed by atoms with E-state index in [0.29, 0.717) is 12.1 Å². The van der Waals surface area contributed by atoms with E-state index in [2.05, 4.69) is 0 Å². The van der Waals surface area contributed by atoms with Crippen molar-refractivity contribution in [3.63, 3.8) is 0 Å². The summed E-state index contributed by atoms with van der Waals surface area (Å²) in [6.07, 6.45) is 3.86. The quantitative estimate of drug-likeness (QED) is 0.867. The minimum absolute atomic E-state index is 0. The van der Waals surface area contributed by atoms with Crippen molar-refractivity contribution >= 4 is 12.4 Å². The first-order chi connectivity index (χ1) is 7.59. The monoisotopic (exact) mass is 265 g/mol. The lowest BCUT2D eigenvalue weighted by Crippen LogP contribution is -2.22. The van der Waals surface area contributed by atoms with E-state index < -0.39 is 23.5 Å². The molecule has 0 spiro atoms. The predicted molar refractivity (Wildman–Crippen MR) is 62.5 cm³/mol. The highest BCUT2D eigenvalue weighted by Crippen LogP contribution is 2.36. The Bertz CT molecular complexity index is 368. The second-order valence-electron chi connectivity index (χ2n) is 4.35.